The van der Waals surface area contributed by atoms with Gasteiger partial charge in [-0.15, -0.1) is 0 Å². The number of nitrogens with one attached hydrogen (secondary N) is 1. The highest BCUT2D eigenvalue weighted by molar-refractivity contribution is 9.10. The third-order valence-corrected chi connectivity index (χ3v) is 5.78. The SMILES string of the molecule is COC(=O)c1ccc(NC(=O)/C(C#N)=C/c2cc(Br)c(Oc3ccc(C(F)(F)F)cc3[N+](=O)[O-])c(OC)c2)cc1. The molecule has 0 bridgehead atoms. The Balaban J connectivity index is 1.90. The Morgan fingerprint density at radius 1 is 1.07 bits per heavy atom. The van der Waals surface area contributed by atoms with Crippen LogP contribution in [-0.2, 0) is 15.7 Å². The second kappa shape index (κ2) is 12.3. The number of hydrogen-bond donors (Lipinski definition) is 1. The average molecular weight is 620 g/mol. The molecule has 0 spiro atoms. The Bertz CT molecular complexity index is 1550. The highest BCUT2D eigenvalue weighted by Gasteiger charge is 2.33. The molecule has 0 atom stereocenters. The number of carbonyl (C=O) groups is 2. The number of alkyl halides is 3. The predicted molar refractivity (Wildman–Crippen MR) is 139 cm³/mol. The molecule has 0 aliphatic rings. The van der Waals surface area contributed by atoms with Gasteiger partial charge in [0, 0.05) is 11.8 Å². The third-order valence-electron chi connectivity index (χ3n) is 5.19. The molecule has 3 rings (SSSR count). The van der Waals surface area contributed by atoms with Crippen LogP contribution in [0.1, 0.15) is 21.5 Å². The van der Waals surface area contributed by atoms with Gasteiger partial charge in [0.05, 0.1) is 34.7 Å². The number of anilines is 1. The number of nitriles is 1. The van der Waals surface area contributed by atoms with Crippen LogP contribution in [0.15, 0.2) is 64.6 Å². The molecular weight excluding hydrogens is 603 g/mol. The Hall–Kier alpha value is -4.90. The number of nitrogens with zero attached hydrogens (tertiary/aromatic N) is 2. The summed E-state index contributed by atoms with van der Waals surface area (Å²) in [6, 6.07) is 12.1. The van der Waals surface area contributed by atoms with E-state index in [4.69, 9.17) is 9.47 Å². The first-order chi connectivity index (χ1) is 18.9. The molecule has 0 aromatic heterocycles. The summed E-state index contributed by atoms with van der Waals surface area (Å²) >= 11 is 3.23. The van der Waals surface area contributed by atoms with E-state index in [-0.39, 0.29) is 32.7 Å². The molecule has 0 heterocycles. The van der Waals surface area contributed by atoms with Crippen LogP contribution >= 0.6 is 15.9 Å². The summed E-state index contributed by atoms with van der Waals surface area (Å²) in [7, 11) is 2.48. The molecule has 1 amide bonds. The van der Waals surface area contributed by atoms with Gasteiger partial charge in [0.1, 0.15) is 11.6 Å². The number of amides is 1. The van der Waals surface area contributed by atoms with E-state index in [1.165, 1.54) is 56.7 Å². The van der Waals surface area contributed by atoms with Crippen molar-refractivity contribution in [2.75, 3.05) is 19.5 Å². The van der Waals surface area contributed by atoms with Gasteiger partial charge in [-0.05, 0) is 76.1 Å². The maximum Gasteiger partial charge on any atom is 0.416 e. The van der Waals surface area contributed by atoms with Gasteiger partial charge in [-0.25, -0.2) is 4.79 Å². The van der Waals surface area contributed by atoms with Crippen LogP contribution < -0.4 is 14.8 Å². The first-order valence-electron chi connectivity index (χ1n) is 10.9. The molecule has 0 unspecified atom stereocenters. The first-order valence-corrected chi connectivity index (χ1v) is 11.7. The zero-order valence-electron chi connectivity index (χ0n) is 20.5. The van der Waals surface area contributed by atoms with Gasteiger partial charge >= 0.3 is 17.8 Å². The standard InChI is InChI=1S/C26H17BrF3N3O7/c1-38-22-11-14(9-16(13-31)24(34)32-18-6-3-15(4-7-18)25(35)39-2)10-19(27)23(22)40-21-8-5-17(26(28,29)30)12-20(21)33(36)37/h3-12H,1-2H3,(H,32,34)/b16-9+. The monoisotopic (exact) mass is 619 g/mol. The number of ether oxygens (including phenoxy) is 3. The number of rotatable bonds is 8. The van der Waals surface area contributed by atoms with Crippen molar-refractivity contribution in [2.24, 2.45) is 0 Å². The van der Waals surface area contributed by atoms with Crippen LogP contribution in [0.4, 0.5) is 24.5 Å². The van der Waals surface area contributed by atoms with E-state index in [1.54, 1.807) is 6.07 Å². The van der Waals surface area contributed by atoms with Crippen LogP contribution in [-0.4, -0.2) is 31.0 Å². The summed E-state index contributed by atoms with van der Waals surface area (Å²) in [5.41, 5.74) is -1.60. The van der Waals surface area contributed by atoms with Crippen LogP contribution in [0.2, 0.25) is 0 Å². The lowest BCUT2D eigenvalue weighted by molar-refractivity contribution is -0.385. The minimum Gasteiger partial charge on any atom is -0.493 e. The molecule has 0 fully saturated rings. The number of nitro benzene ring substituents is 1. The van der Waals surface area contributed by atoms with Gasteiger partial charge in [0.2, 0.25) is 5.75 Å². The zero-order valence-corrected chi connectivity index (χ0v) is 22.1. The van der Waals surface area contributed by atoms with E-state index in [2.05, 4.69) is 26.0 Å². The molecule has 0 aliphatic heterocycles. The topological polar surface area (TPSA) is 141 Å². The van der Waals surface area contributed by atoms with Crippen molar-refractivity contribution in [3.63, 3.8) is 0 Å². The van der Waals surface area contributed by atoms with Crippen LogP contribution in [0, 0.1) is 21.4 Å². The maximum absolute atomic E-state index is 13.0. The minimum absolute atomic E-state index is 0.00841. The largest absolute Gasteiger partial charge is 0.493 e. The summed E-state index contributed by atoms with van der Waals surface area (Å²) in [5, 5.41) is 23.5. The van der Waals surface area contributed by atoms with Crippen molar-refractivity contribution in [1.29, 1.82) is 5.26 Å². The van der Waals surface area contributed by atoms with Crippen LogP contribution in [0.25, 0.3) is 6.08 Å². The van der Waals surface area contributed by atoms with Crippen molar-refractivity contribution in [1.82, 2.24) is 0 Å². The van der Waals surface area contributed by atoms with E-state index < -0.39 is 40.0 Å². The fourth-order valence-corrected chi connectivity index (χ4v) is 3.82. The fourth-order valence-electron chi connectivity index (χ4n) is 3.28. The fraction of sp³-hybridized carbons (Fsp3) is 0.115. The molecule has 206 valence electrons. The Morgan fingerprint density at radius 3 is 2.30 bits per heavy atom. The normalized spacial score (nSPS) is 11.3. The van der Waals surface area contributed by atoms with Gasteiger partial charge in [-0.3, -0.25) is 14.9 Å². The molecular formula is C26H17BrF3N3O7. The summed E-state index contributed by atoms with van der Waals surface area (Å²) in [6.07, 6.45) is -3.57. The van der Waals surface area contributed by atoms with E-state index in [0.717, 1.165) is 6.07 Å². The molecule has 1 N–H and O–H groups in total. The van der Waals surface area contributed by atoms with Gasteiger partial charge in [-0.2, -0.15) is 18.4 Å². The molecule has 3 aromatic rings. The Kier molecular flexibility index (Phi) is 9.12. The van der Waals surface area contributed by atoms with Gasteiger partial charge in [0.25, 0.3) is 5.91 Å². The number of methoxy groups -OCH3 is 2. The lowest BCUT2D eigenvalue weighted by Crippen LogP contribution is -2.13. The summed E-state index contributed by atoms with van der Waals surface area (Å²) in [5.74, 6) is -1.91. The molecule has 14 heteroatoms. The van der Waals surface area contributed by atoms with Crippen molar-refractivity contribution >= 4 is 45.3 Å². The molecule has 0 radical (unpaired) electrons. The van der Waals surface area contributed by atoms with E-state index in [0.29, 0.717) is 17.8 Å². The second-order valence-electron chi connectivity index (χ2n) is 7.77. The van der Waals surface area contributed by atoms with Gasteiger partial charge in [0.15, 0.2) is 11.5 Å². The molecule has 3 aromatic carbocycles. The number of nitro groups is 1. The van der Waals surface area contributed by atoms with Crippen molar-refractivity contribution < 1.29 is 41.9 Å². The molecule has 0 saturated carbocycles. The van der Waals surface area contributed by atoms with E-state index >= 15 is 0 Å². The smallest absolute Gasteiger partial charge is 0.416 e. The third kappa shape index (κ3) is 6.94. The summed E-state index contributed by atoms with van der Waals surface area (Å²) < 4.78 is 54.7. The number of benzene rings is 3. The Morgan fingerprint density at radius 2 is 1.75 bits per heavy atom. The van der Waals surface area contributed by atoms with E-state index in [1.807, 2.05) is 0 Å². The highest BCUT2D eigenvalue weighted by atomic mass is 79.9. The summed E-state index contributed by atoms with van der Waals surface area (Å²) in [6.45, 7) is 0. The maximum atomic E-state index is 13.0. The molecule has 0 aliphatic carbocycles. The lowest BCUT2D eigenvalue weighted by Gasteiger charge is -2.14. The molecule has 0 saturated heterocycles. The van der Waals surface area contributed by atoms with Crippen molar-refractivity contribution in [2.45, 2.75) is 6.18 Å². The zero-order chi connectivity index (χ0) is 29.6. The number of halogens is 4. The quantitative estimate of drug-likeness (QED) is 0.0989. The lowest BCUT2D eigenvalue weighted by atomic mass is 10.1. The highest BCUT2D eigenvalue weighted by Crippen LogP contribution is 2.44. The first kappa shape index (κ1) is 29.7. The van der Waals surface area contributed by atoms with Crippen LogP contribution in [0.5, 0.6) is 17.2 Å². The minimum atomic E-state index is -4.80. The second-order valence-corrected chi connectivity index (χ2v) is 8.62. The van der Waals surface area contributed by atoms with E-state index in [9.17, 15) is 38.1 Å². The van der Waals surface area contributed by atoms with Crippen molar-refractivity contribution in [3.8, 4) is 23.3 Å². The average Bonchev–Trinajstić information content (AvgIpc) is 2.92. The summed E-state index contributed by atoms with van der Waals surface area (Å²) in [4.78, 5) is 34.6. The van der Waals surface area contributed by atoms with Gasteiger partial charge in [-0.1, -0.05) is 0 Å². The molecule has 40 heavy (non-hydrogen) atoms. The van der Waals surface area contributed by atoms with Gasteiger partial charge < -0.3 is 19.5 Å². The predicted octanol–water partition coefficient (Wildman–Crippen LogP) is 6.51. The molecule has 10 nitrogen and oxygen atoms in total. The number of hydrogen-bond acceptors (Lipinski definition) is 8. The number of esters is 1. The van der Waals surface area contributed by atoms with Crippen molar-refractivity contribution in [3.05, 3.63) is 91.4 Å². The Labute approximate surface area is 232 Å². The van der Waals surface area contributed by atoms with Crippen LogP contribution in [0.3, 0.4) is 0 Å². The number of carbonyl (C=O) groups excluding carboxylic acids is 2.